The van der Waals surface area contributed by atoms with Crippen molar-refractivity contribution in [1.82, 2.24) is 0 Å². The molecular weight excluding hydrogens is 158 g/mol. The summed E-state index contributed by atoms with van der Waals surface area (Å²) in [6, 6.07) is 2.02. The zero-order valence-electron chi connectivity index (χ0n) is 5.78. The summed E-state index contributed by atoms with van der Waals surface area (Å²) in [5, 5.41) is 2.01. The van der Waals surface area contributed by atoms with Gasteiger partial charge < -0.3 is 10.5 Å². The highest BCUT2D eigenvalue weighted by Gasteiger charge is 2.06. The monoisotopic (exact) mass is 165 g/mol. The summed E-state index contributed by atoms with van der Waals surface area (Å²) in [4.78, 5) is 1.08. The molecule has 2 heterocycles. The van der Waals surface area contributed by atoms with Crippen LogP contribution in [0.1, 0.15) is 10.4 Å². The van der Waals surface area contributed by atoms with Gasteiger partial charge in [0.15, 0.2) is 0 Å². The number of hydrogen-bond acceptors (Lipinski definition) is 3. The van der Waals surface area contributed by atoms with E-state index in [0.29, 0.717) is 5.70 Å². The van der Waals surface area contributed by atoms with Gasteiger partial charge in [0.2, 0.25) is 0 Å². The highest BCUT2D eigenvalue weighted by Crippen LogP contribution is 2.25. The van der Waals surface area contributed by atoms with Crippen molar-refractivity contribution < 1.29 is 4.74 Å². The van der Waals surface area contributed by atoms with Crippen molar-refractivity contribution in [1.29, 1.82) is 0 Å². The van der Waals surface area contributed by atoms with Crippen LogP contribution in [0.5, 0.6) is 0 Å². The van der Waals surface area contributed by atoms with Crippen molar-refractivity contribution in [3.8, 4) is 0 Å². The van der Waals surface area contributed by atoms with E-state index < -0.39 is 0 Å². The molecule has 0 saturated heterocycles. The lowest BCUT2D eigenvalue weighted by Gasteiger charge is -1.94. The van der Waals surface area contributed by atoms with Crippen molar-refractivity contribution in [3.63, 3.8) is 0 Å². The summed E-state index contributed by atoms with van der Waals surface area (Å²) >= 11 is 1.62. The molecule has 0 aromatic carbocycles. The molecule has 0 radical (unpaired) electrons. The summed E-state index contributed by atoms with van der Waals surface area (Å²) in [7, 11) is 0. The predicted octanol–water partition coefficient (Wildman–Crippen LogP) is 2.01. The van der Waals surface area contributed by atoms with Crippen molar-refractivity contribution in [2.75, 3.05) is 0 Å². The second-order valence-electron chi connectivity index (χ2n) is 2.22. The fraction of sp³-hybridized carbons (Fsp3) is 0. The fourth-order valence-electron chi connectivity index (χ4n) is 0.964. The van der Waals surface area contributed by atoms with E-state index in [1.807, 2.05) is 17.5 Å². The maximum atomic E-state index is 5.70. The van der Waals surface area contributed by atoms with E-state index in [1.165, 1.54) is 0 Å². The third kappa shape index (κ3) is 1.03. The molecule has 2 N–H and O–H groups in total. The molecule has 3 heteroatoms. The van der Waals surface area contributed by atoms with Crippen LogP contribution in [-0.2, 0) is 4.74 Å². The van der Waals surface area contributed by atoms with Gasteiger partial charge in [0, 0.05) is 0 Å². The minimum atomic E-state index is 0.694. The Bertz CT molecular complexity index is 325. The zero-order chi connectivity index (χ0) is 7.68. The Labute approximate surface area is 68.6 Å². The van der Waals surface area contributed by atoms with Crippen molar-refractivity contribution in [2.24, 2.45) is 5.73 Å². The normalized spacial score (nSPS) is 14.7. The van der Waals surface area contributed by atoms with Crippen LogP contribution >= 0.6 is 11.3 Å². The quantitative estimate of drug-likeness (QED) is 0.638. The number of fused-ring (bicyclic) bond motifs is 1. The first kappa shape index (κ1) is 6.49. The van der Waals surface area contributed by atoms with Crippen LogP contribution in [0.4, 0.5) is 0 Å². The number of rotatable bonds is 0. The van der Waals surface area contributed by atoms with Gasteiger partial charge in [0.1, 0.15) is 6.26 Å². The van der Waals surface area contributed by atoms with Gasteiger partial charge in [0.05, 0.1) is 16.8 Å². The van der Waals surface area contributed by atoms with Gasteiger partial charge in [-0.25, -0.2) is 0 Å². The lowest BCUT2D eigenvalue weighted by molar-refractivity contribution is 0.408. The Kier molecular flexibility index (Phi) is 1.43. The van der Waals surface area contributed by atoms with E-state index in [4.69, 9.17) is 10.5 Å². The maximum Gasteiger partial charge on any atom is 0.115 e. The van der Waals surface area contributed by atoms with E-state index in [9.17, 15) is 0 Å². The molecule has 0 amide bonds. The highest BCUT2D eigenvalue weighted by molar-refractivity contribution is 7.11. The van der Waals surface area contributed by atoms with Crippen LogP contribution in [0.15, 0.2) is 24.0 Å². The van der Waals surface area contributed by atoms with Gasteiger partial charge in [-0.1, -0.05) is 0 Å². The molecule has 1 aromatic rings. The molecule has 1 aromatic heterocycles. The molecule has 1 aliphatic rings. The van der Waals surface area contributed by atoms with E-state index in [0.717, 1.165) is 10.4 Å². The van der Waals surface area contributed by atoms with Crippen molar-refractivity contribution in [2.45, 2.75) is 0 Å². The largest absolute Gasteiger partial charge is 0.470 e. The number of ether oxygens (including phenoxy) is 1. The molecule has 0 unspecified atom stereocenters. The van der Waals surface area contributed by atoms with Crippen LogP contribution in [0.25, 0.3) is 11.8 Å². The van der Waals surface area contributed by atoms with E-state index in [-0.39, 0.29) is 0 Å². The molecule has 0 spiro atoms. The van der Waals surface area contributed by atoms with Crippen LogP contribution in [0.3, 0.4) is 0 Å². The molecule has 0 fully saturated rings. The van der Waals surface area contributed by atoms with E-state index in [1.54, 1.807) is 23.9 Å². The molecular formula is C8H7NOS. The van der Waals surface area contributed by atoms with E-state index in [2.05, 4.69) is 0 Å². The molecule has 2 rings (SSSR count). The first-order chi connectivity index (χ1) is 5.38. The summed E-state index contributed by atoms with van der Waals surface area (Å²) in [6.45, 7) is 0. The molecule has 0 saturated carbocycles. The average Bonchev–Trinajstić information content (AvgIpc) is 2.40. The minimum Gasteiger partial charge on any atom is -0.470 e. The van der Waals surface area contributed by atoms with Gasteiger partial charge in [-0.05, 0) is 23.1 Å². The van der Waals surface area contributed by atoms with Gasteiger partial charge in [0.25, 0.3) is 0 Å². The Balaban J connectivity index is 2.59. The third-order valence-corrected chi connectivity index (χ3v) is 2.46. The third-order valence-electron chi connectivity index (χ3n) is 1.48. The first-order valence-electron chi connectivity index (χ1n) is 3.23. The minimum absolute atomic E-state index is 0.694. The standard InChI is InChI=1S/C8H7NOS/c9-7-5-10-3-1-6-2-4-11-8(6)7/h1-5H,9H2. The Hall–Kier alpha value is -1.22. The summed E-state index contributed by atoms with van der Waals surface area (Å²) in [5.74, 6) is 0. The SMILES string of the molecule is NC1=COC=Cc2ccsc21. The van der Waals surface area contributed by atoms with Crippen LogP contribution in [0, 0.1) is 0 Å². The van der Waals surface area contributed by atoms with E-state index >= 15 is 0 Å². The second-order valence-corrected chi connectivity index (χ2v) is 3.13. The molecule has 0 aliphatic carbocycles. The lowest BCUT2D eigenvalue weighted by Crippen LogP contribution is -1.93. The topological polar surface area (TPSA) is 35.2 Å². The fourth-order valence-corrected chi connectivity index (χ4v) is 1.77. The number of hydrogen-bond donors (Lipinski definition) is 1. The second kappa shape index (κ2) is 2.43. The Morgan fingerprint density at radius 3 is 3.27 bits per heavy atom. The zero-order valence-corrected chi connectivity index (χ0v) is 6.60. The average molecular weight is 165 g/mol. The van der Waals surface area contributed by atoms with Crippen molar-refractivity contribution in [3.05, 3.63) is 34.4 Å². The maximum absolute atomic E-state index is 5.70. The van der Waals surface area contributed by atoms with Crippen molar-refractivity contribution >= 4 is 23.1 Å². The highest BCUT2D eigenvalue weighted by atomic mass is 32.1. The first-order valence-corrected chi connectivity index (χ1v) is 4.11. The van der Waals surface area contributed by atoms with Crippen LogP contribution in [-0.4, -0.2) is 0 Å². The van der Waals surface area contributed by atoms with Crippen LogP contribution < -0.4 is 5.73 Å². The molecule has 0 bridgehead atoms. The molecule has 1 aliphatic heterocycles. The summed E-state index contributed by atoms with van der Waals surface area (Å²) < 4.78 is 4.99. The summed E-state index contributed by atoms with van der Waals surface area (Å²) in [6.07, 6.45) is 5.09. The summed E-state index contributed by atoms with van der Waals surface area (Å²) in [5.41, 5.74) is 7.52. The molecule has 56 valence electrons. The lowest BCUT2D eigenvalue weighted by atomic mass is 10.2. The smallest absolute Gasteiger partial charge is 0.115 e. The van der Waals surface area contributed by atoms with Gasteiger partial charge in [-0.3, -0.25) is 0 Å². The molecule has 2 nitrogen and oxygen atoms in total. The van der Waals surface area contributed by atoms with Gasteiger partial charge >= 0.3 is 0 Å². The van der Waals surface area contributed by atoms with Gasteiger partial charge in [-0.15, -0.1) is 11.3 Å². The predicted molar refractivity (Wildman–Crippen MR) is 46.6 cm³/mol. The Morgan fingerprint density at radius 1 is 1.45 bits per heavy atom. The number of nitrogens with two attached hydrogens (primary N) is 1. The van der Waals surface area contributed by atoms with Crippen LogP contribution in [0.2, 0.25) is 0 Å². The van der Waals surface area contributed by atoms with Gasteiger partial charge in [-0.2, -0.15) is 0 Å². The molecule has 11 heavy (non-hydrogen) atoms. The Morgan fingerprint density at radius 2 is 2.36 bits per heavy atom. The number of thiophene rings is 1. The molecule has 0 atom stereocenters.